The Labute approximate surface area is 163 Å². The quantitative estimate of drug-likeness (QED) is 0.798. The van der Waals surface area contributed by atoms with E-state index in [0.717, 1.165) is 36.0 Å². The molecule has 0 aliphatic carbocycles. The number of benzene rings is 1. The molecule has 0 spiro atoms. The van der Waals surface area contributed by atoms with Crippen molar-refractivity contribution in [3.63, 3.8) is 0 Å². The first-order chi connectivity index (χ1) is 13.3. The monoisotopic (exact) mass is 380 g/mol. The van der Waals surface area contributed by atoms with Gasteiger partial charge in [-0.05, 0) is 44.7 Å². The number of aryl methyl sites for hydroxylation is 2. The molecule has 1 atom stereocenters. The molecule has 1 aromatic carbocycles. The van der Waals surface area contributed by atoms with Crippen LogP contribution in [0, 0.1) is 13.8 Å². The maximum absolute atomic E-state index is 12.9. The van der Waals surface area contributed by atoms with E-state index in [-0.39, 0.29) is 17.3 Å². The minimum atomic E-state index is -0.750. The number of hydrogen-bond acceptors (Lipinski definition) is 4. The number of primary amides is 1. The Bertz CT molecular complexity index is 905. The first-order valence-corrected chi connectivity index (χ1v) is 9.30. The van der Waals surface area contributed by atoms with Crippen LogP contribution in [-0.4, -0.2) is 34.2 Å². The first-order valence-electron chi connectivity index (χ1n) is 9.30. The zero-order valence-electron chi connectivity index (χ0n) is 16.1. The number of nitrogens with two attached hydrogens (primary N) is 1. The van der Waals surface area contributed by atoms with Crippen LogP contribution >= 0.6 is 0 Å². The summed E-state index contributed by atoms with van der Waals surface area (Å²) >= 11 is 0. The third-order valence-electron chi connectivity index (χ3n) is 4.87. The Hall–Kier alpha value is -3.22. The summed E-state index contributed by atoms with van der Waals surface area (Å²) in [6.07, 6.45) is 5.36. The predicted octanol–water partition coefficient (Wildman–Crippen LogP) is 2.49. The highest BCUT2D eigenvalue weighted by atomic mass is 16.2. The Morgan fingerprint density at radius 2 is 1.79 bits per heavy atom. The number of nitrogens with one attached hydrogen (secondary N) is 1. The molecule has 2 heterocycles. The summed E-state index contributed by atoms with van der Waals surface area (Å²) in [4.78, 5) is 42.2. The van der Waals surface area contributed by atoms with Crippen LogP contribution in [0.4, 0.5) is 5.69 Å². The standard InChI is InChI=1S/C21H24N4O3/c1-13-7-14(2)9-15(8-13)18-5-3-4-6-25(18)21(28)20(27)24-17-10-16(19(22)26)11-23-12-17/h7-12,18H,3-6H2,1-2H3,(H2,22,26)(H,24,27)/t18-/m0/s1. The third-order valence-corrected chi connectivity index (χ3v) is 4.87. The maximum atomic E-state index is 12.9. The van der Waals surface area contributed by atoms with Crippen LogP contribution in [0.5, 0.6) is 0 Å². The van der Waals surface area contributed by atoms with E-state index in [9.17, 15) is 14.4 Å². The molecule has 1 aliphatic heterocycles. The second-order valence-corrected chi connectivity index (χ2v) is 7.21. The molecule has 1 fully saturated rings. The first kappa shape index (κ1) is 19.5. The van der Waals surface area contributed by atoms with Crippen LogP contribution in [0.3, 0.4) is 0 Å². The predicted molar refractivity (Wildman–Crippen MR) is 106 cm³/mol. The van der Waals surface area contributed by atoms with E-state index in [1.165, 1.54) is 18.5 Å². The molecule has 0 unspecified atom stereocenters. The van der Waals surface area contributed by atoms with Crippen LogP contribution in [0.1, 0.15) is 52.4 Å². The van der Waals surface area contributed by atoms with Crippen LogP contribution < -0.4 is 11.1 Å². The van der Waals surface area contributed by atoms with Crippen molar-refractivity contribution in [1.82, 2.24) is 9.88 Å². The SMILES string of the molecule is Cc1cc(C)cc([C@@H]2CCCCN2C(=O)C(=O)Nc2cncc(C(N)=O)c2)c1. The van der Waals surface area contributed by atoms with E-state index >= 15 is 0 Å². The number of piperidine rings is 1. The fourth-order valence-electron chi connectivity index (χ4n) is 3.68. The second-order valence-electron chi connectivity index (χ2n) is 7.21. The van der Waals surface area contributed by atoms with Crippen molar-refractivity contribution >= 4 is 23.4 Å². The topological polar surface area (TPSA) is 105 Å². The van der Waals surface area contributed by atoms with E-state index < -0.39 is 17.7 Å². The average molecular weight is 380 g/mol. The van der Waals surface area contributed by atoms with Gasteiger partial charge in [0.15, 0.2) is 0 Å². The van der Waals surface area contributed by atoms with Gasteiger partial charge >= 0.3 is 11.8 Å². The van der Waals surface area contributed by atoms with Crippen LogP contribution in [0.25, 0.3) is 0 Å². The van der Waals surface area contributed by atoms with Crippen LogP contribution in [-0.2, 0) is 9.59 Å². The second kappa shape index (κ2) is 8.21. The van der Waals surface area contributed by atoms with Crippen molar-refractivity contribution in [1.29, 1.82) is 0 Å². The van der Waals surface area contributed by atoms with E-state index in [1.807, 2.05) is 13.8 Å². The summed E-state index contributed by atoms with van der Waals surface area (Å²) in [5.74, 6) is -1.99. The molecule has 3 amide bonds. The number of aromatic nitrogens is 1. The van der Waals surface area contributed by atoms with Crippen molar-refractivity contribution < 1.29 is 14.4 Å². The van der Waals surface area contributed by atoms with Gasteiger partial charge in [0.25, 0.3) is 0 Å². The highest BCUT2D eigenvalue weighted by molar-refractivity contribution is 6.39. The Kier molecular flexibility index (Phi) is 5.73. The maximum Gasteiger partial charge on any atom is 0.313 e. The van der Waals surface area contributed by atoms with Crippen LogP contribution in [0.15, 0.2) is 36.7 Å². The molecule has 3 rings (SSSR count). The molecule has 2 aromatic rings. The van der Waals surface area contributed by atoms with Crippen LogP contribution in [0.2, 0.25) is 0 Å². The zero-order valence-corrected chi connectivity index (χ0v) is 16.1. The van der Waals surface area contributed by atoms with Gasteiger partial charge in [-0.3, -0.25) is 19.4 Å². The summed E-state index contributed by atoms with van der Waals surface area (Å²) in [6.45, 7) is 4.58. The van der Waals surface area contributed by atoms with Gasteiger partial charge in [-0.15, -0.1) is 0 Å². The van der Waals surface area contributed by atoms with Crippen molar-refractivity contribution in [3.05, 3.63) is 58.9 Å². The summed E-state index contributed by atoms with van der Waals surface area (Å²) < 4.78 is 0. The summed E-state index contributed by atoms with van der Waals surface area (Å²) in [7, 11) is 0. The number of carbonyl (C=O) groups excluding carboxylic acids is 3. The van der Waals surface area contributed by atoms with Gasteiger partial charge in [0, 0.05) is 12.7 Å². The molecular formula is C21H24N4O3. The molecule has 146 valence electrons. The van der Waals surface area contributed by atoms with Gasteiger partial charge in [-0.25, -0.2) is 0 Å². The number of likely N-dealkylation sites (tertiary alicyclic amines) is 1. The third kappa shape index (κ3) is 4.36. The Morgan fingerprint density at radius 3 is 2.46 bits per heavy atom. The molecule has 0 saturated carbocycles. The Balaban J connectivity index is 1.79. The van der Waals surface area contributed by atoms with Gasteiger partial charge in [0.2, 0.25) is 5.91 Å². The fraction of sp³-hybridized carbons (Fsp3) is 0.333. The number of anilines is 1. The summed E-state index contributed by atoms with van der Waals surface area (Å²) in [5, 5.41) is 2.53. The molecule has 7 nitrogen and oxygen atoms in total. The number of rotatable bonds is 3. The van der Waals surface area contributed by atoms with Gasteiger partial charge in [-0.2, -0.15) is 0 Å². The number of pyridine rings is 1. The van der Waals surface area contributed by atoms with Crippen molar-refractivity contribution in [3.8, 4) is 0 Å². The molecular weight excluding hydrogens is 356 g/mol. The number of amides is 3. The molecule has 0 radical (unpaired) electrons. The lowest BCUT2D eigenvalue weighted by Crippen LogP contribution is -2.44. The van der Waals surface area contributed by atoms with Gasteiger partial charge in [0.1, 0.15) is 0 Å². The molecule has 1 aromatic heterocycles. The van der Waals surface area contributed by atoms with Crippen molar-refractivity contribution in [2.75, 3.05) is 11.9 Å². The fourth-order valence-corrected chi connectivity index (χ4v) is 3.68. The molecule has 1 saturated heterocycles. The minimum Gasteiger partial charge on any atom is -0.366 e. The largest absolute Gasteiger partial charge is 0.366 e. The molecule has 28 heavy (non-hydrogen) atoms. The number of nitrogens with zero attached hydrogens (tertiary/aromatic N) is 2. The summed E-state index contributed by atoms with van der Waals surface area (Å²) in [6, 6.07) is 7.51. The van der Waals surface area contributed by atoms with E-state index in [1.54, 1.807) is 4.90 Å². The van der Waals surface area contributed by atoms with Gasteiger partial charge in [0.05, 0.1) is 23.5 Å². The van der Waals surface area contributed by atoms with Crippen molar-refractivity contribution in [2.24, 2.45) is 5.73 Å². The molecule has 0 bridgehead atoms. The lowest BCUT2D eigenvalue weighted by atomic mass is 9.93. The highest BCUT2D eigenvalue weighted by Crippen LogP contribution is 2.32. The lowest BCUT2D eigenvalue weighted by Gasteiger charge is -2.36. The van der Waals surface area contributed by atoms with Gasteiger partial charge in [-0.1, -0.05) is 29.3 Å². The number of hydrogen-bond donors (Lipinski definition) is 2. The van der Waals surface area contributed by atoms with E-state index in [2.05, 4.69) is 28.5 Å². The normalized spacial score (nSPS) is 16.5. The number of carbonyl (C=O) groups is 3. The Morgan fingerprint density at radius 1 is 1.07 bits per heavy atom. The lowest BCUT2D eigenvalue weighted by molar-refractivity contribution is -0.145. The van der Waals surface area contributed by atoms with Crippen molar-refractivity contribution in [2.45, 2.75) is 39.2 Å². The molecule has 1 aliphatic rings. The smallest absolute Gasteiger partial charge is 0.313 e. The van der Waals surface area contributed by atoms with E-state index in [4.69, 9.17) is 5.73 Å². The minimum absolute atomic E-state index is 0.124. The average Bonchev–Trinajstić information content (AvgIpc) is 2.66. The van der Waals surface area contributed by atoms with Gasteiger partial charge < -0.3 is 16.0 Å². The molecule has 7 heteroatoms. The summed E-state index contributed by atoms with van der Waals surface area (Å²) in [5.41, 5.74) is 8.97. The zero-order chi connectivity index (χ0) is 20.3. The highest BCUT2D eigenvalue weighted by Gasteiger charge is 2.32. The molecule has 3 N–H and O–H groups in total. The van der Waals surface area contributed by atoms with E-state index in [0.29, 0.717) is 6.54 Å².